The largest absolute Gasteiger partial charge is 0.416 e. The number of amides is 1. The van der Waals surface area contributed by atoms with Crippen molar-refractivity contribution in [2.45, 2.75) is 18.8 Å². The van der Waals surface area contributed by atoms with Gasteiger partial charge in [-0.1, -0.05) is 6.08 Å². The summed E-state index contributed by atoms with van der Waals surface area (Å²) in [7, 11) is 0. The third kappa shape index (κ3) is 5.06. The van der Waals surface area contributed by atoms with Crippen LogP contribution >= 0.6 is 0 Å². The molecule has 0 unspecified atom stereocenters. The molecule has 0 heterocycles. The van der Waals surface area contributed by atoms with Crippen molar-refractivity contribution in [3.8, 4) is 0 Å². The summed E-state index contributed by atoms with van der Waals surface area (Å²) in [6.07, 6.45) is -8.01. The van der Waals surface area contributed by atoms with Gasteiger partial charge in [0.2, 0.25) is 0 Å². The smallest absolute Gasteiger partial charge is 0.287 e. The van der Waals surface area contributed by atoms with Gasteiger partial charge in [0.15, 0.2) is 0 Å². The average Bonchev–Trinajstić information content (AvgIpc) is 2.41. The first-order chi connectivity index (χ1) is 10.1. The Morgan fingerprint density at radius 2 is 1.55 bits per heavy atom. The molecule has 1 aromatic carbocycles. The quantitative estimate of drug-likeness (QED) is 0.376. The van der Waals surface area contributed by atoms with Crippen molar-refractivity contribution in [1.82, 2.24) is 10.9 Å². The summed E-state index contributed by atoms with van der Waals surface area (Å²) >= 11 is 0. The topological polar surface area (TPSA) is 41.1 Å². The van der Waals surface area contributed by atoms with Crippen LogP contribution in [0.15, 0.2) is 30.9 Å². The standard InChI is InChI=1S/C13H12F6N2O/c1-2-3-4-20-21-11(22)8-5-9(12(14,15)16)7-10(6-8)13(17,18)19/h2,5-7,20H,1,3-4H2,(H,21,22). The van der Waals surface area contributed by atoms with Gasteiger partial charge in [-0.15, -0.1) is 6.58 Å². The summed E-state index contributed by atoms with van der Waals surface area (Å²) in [5.74, 6) is -1.10. The molecule has 2 N–H and O–H groups in total. The Balaban J connectivity index is 3.08. The van der Waals surface area contributed by atoms with E-state index < -0.39 is 35.0 Å². The van der Waals surface area contributed by atoms with Gasteiger partial charge in [-0.05, 0) is 24.6 Å². The second-order valence-corrected chi connectivity index (χ2v) is 4.25. The molecule has 0 saturated heterocycles. The van der Waals surface area contributed by atoms with Crippen LogP contribution in [0.4, 0.5) is 26.3 Å². The number of benzene rings is 1. The highest BCUT2D eigenvalue weighted by Crippen LogP contribution is 2.36. The number of alkyl halides is 6. The van der Waals surface area contributed by atoms with Gasteiger partial charge in [-0.3, -0.25) is 10.2 Å². The van der Waals surface area contributed by atoms with E-state index in [9.17, 15) is 31.1 Å². The third-order valence-electron chi connectivity index (χ3n) is 2.53. The lowest BCUT2D eigenvalue weighted by Crippen LogP contribution is -2.38. The van der Waals surface area contributed by atoms with Crippen molar-refractivity contribution in [2.75, 3.05) is 6.54 Å². The van der Waals surface area contributed by atoms with Crippen LogP contribution in [0.2, 0.25) is 0 Å². The molecule has 0 bridgehead atoms. The zero-order chi connectivity index (χ0) is 17.0. The summed E-state index contributed by atoms with van der Waals surface area (Å²) in [5, 5.41) is 0. The molecule has 0 aliphatic carbocycles. The highest BCUT2D eigenvalue weighted by atomic mass is 19.4. The van der Waals surface area contributed by atoms with Crippen LogP contribution < -0.4 is 10.9 Å². The highest BCUT2D eigenvalue weighted by Gasteiger charge is 2.37. The molecule has 122 valence electrons. The Bertz CT molecular complexity index is 518. The molecule has 22 heavy (non-hydrogen) atoms. The van der Waals surface area contributed by atoms with Crippen LogP contribution in [0.25, 0.3) is 0 Å². The van der Waals surface area contributed by atoms with E-state index in [4.69, 9.17) is 0 Å². The van der Waals surface area contributed by atoms with Crippen LogP contribution in [0.3, 0.4) is 0 Å². The summed E-state index contributed by atoms with van der Waals surface area (Å²) in [6.45, 7) is 3.65. The number of carbonyl (C=O) groups excluding carboxylic acids is 1. The lowest BCUT2D eigenvalue weighted by atomic mass is 10.0. The maximum Gasteiger partial charge on any atom is 0.416 e. The molecule has 0 radical (unpaired) electrons. The fourth-order valence-electron chi connectivity index (χ4n) is 1.48. The summed E-state index contributed by atoms with van der Waals surface area (Å²) in [4.78, 5) is 11.6. The number of halogens is 6. The van der Waals surface area contributed by atoms with Gasteiger partial charge in [0.1, 0.15) is 0 Å². The Hall–Kier alpha value is -2.03. The minimum Gasteiger partial charge on any atom is -0.287 e. The summed E-state index contributed by atoms with van der Waals surface area (Å²) in [6, 6.07) is 0.682. The van der Waals surface area contributed by atoms with E-state index in [-0.39, 0.29) is 12.6 Å². The average molecular weight is 326 g/mol. The van der Waals surface area contributed by atoms with E-state index in [0.717, 1.165) is 0 Å². The molecule has 3 nitrogen and oxygen atoms in total. The number of nitrogens with one attached hydrogen (secondary N) is 2. The Morgan fingerprint density at radius 1 is 1.05 bits per heavy atom. The van der Waals surface area contributed by atoms with Gasteiger partial charge in [0.25, 0.3) is 5.91 Å². The number of hydrazine groups is 1. The van der Waals surface area contributed by atoms with E-state index in [1.165, 1.54) is 6.08 Å². The molecule has 1 aromatic rings. The number of hydrogen-bond donors (Lipinski definition) is 2. The minimum atomic E-state index is -4.99. The van der Waals surface area contributed by atoms with Crippen molar-refractivity contribution in [3.05, 3.63) is 47.5 Å². The molecule has 0 saturated carbocycles. The van der Waals surface area contributed by atoms with Gasteiger partial charge >= 0.3 is 12.4 Å². The van der Waals surface area contributed by atoms with Crippen molar-refractivity contribution >= 4 is 5.91 Å². The number of carbonyl (C=O) groups is 1. The zero-order valence-corrected chi connectivity index (χ0v) is 11.1. The normalized spacial score (nSPS) is 12.1. The predicted octanol–water partition coefficient (Wildman–Crippen LogP) is 3.53. The zero-order valence-electron chi connectivity index (χ0n) is 11.1. The van der Waals surface area contributed by atoms with Gasteiger partial charge in [-0.2, -0.15) is 26.3 Å². The molecule has 0 atom stereocenters. The van der Waals surface area contributed by atoms with Crippen molar-refractivity contribution < 1.29 is 31.1 Å². The first kappa shape index (κ1) is 18.0. The van der Waals surface area contributed by atoms with Crippen molar-refractivity contribution in [1.29, 1.82) is 0 Å². The number of hydrogen-bond acceptors (Lipinski definition) is 2. The maximum absolute atomic E-state index is 12.6. The Labute approximate surface area is 122 Å². The maximum atomic E-state index is 12.6. The highest BCUT2D eigenvalue weighted by molar-refractivity contribution is 5.94. The SMILES string of the molecule is C=CCCNNC(=O)c1cc(C(F)(F)F)cc(C(F)(F)F)c1. The van der Waals surface area contributed by atoms with E-state index in [0.29, 0.717) is 18.6 Å². The van der Waals surface area contributed by atoms with E-state index in [1.54, 1.807) is 0 Å². The van der Waals surface area contributed by atoms with Crippen LogP contribution in [0.1, 0.15) is 27.9 Å². The molecular weight excluding hydrogens is 314 g/mol. The van der Waals surface area contributed by atoms with Crippen LogP contribution in [0.5, 0.6) is 0 Å². The van der Waals surface area contributed by atoms with Crippen LogP contribution in [0, 0.1) is 0 Å². The molecule has 1 amide bonds. The Kier molecular flexibility index (Phi) is 5.59. The van der Waals surface area contributed by atoms with Crippen LogP contribution in [-0.2, 0) is 12.4 Å². The van der Waals surface area contributed by atoms with Crippen LogP contribution in [-0.4, -0.2) is 12.5 Å². The first-order valence-corrected chi connectivity index (χ1v) is 5.99. The number of rotatable bonds is 5. The molecule has 0 fully saturated rings. The van der Waals surface area contributed by atoms with E-state index in [1.807, 2.05) is 5.43 Å². The van der Waals surface area contributed by atoms with E-state index in [2.05, 4.69) is 12.0 Å². The lowest BCUT2D eigenvalue weighted by molar-refractivity contribution is -0.143. The molecule has 0 aliphatic heterocycles. The molecule has 9 heteroatoms. The molecule has 1 rings (SSSR count). The lowest BCUT2D eigenvalue weighted by Gasteiger charge is -2.14. The van der Waals surface area contributed by atoms with Gasteiger partial charge in [0, 0.05) is 12.1 Å². The van der Waals surface area contributed by atoms with E-state index >= 15 is 0 Å². The van der Waals surface area contributed by atoms with Gasteiger partial charge < -0.3 is 0 Å². The minimum absolute atomic E-state index is 0.0398. The monoisotopic (exact) mass is 326 g/mol. The second kappa shape index (κ2) is 6.82. The fourth-order valence-corrected chi connectivity index (χ4v) is 1.48. The summed E-state index contributed by atoms with van der Waals surface area (Å²) in [5.41, 5.74) is 0.559. The Morgan fingerprint density at radius 3 is 1.95 bits per heavy atom. The molecule has 0 aromatic heterocycles. The predicted molar refractivity (Wildman–Crippen MR) is 66.7 cm³/mol. The van der Waals surface area contributed by atoms with Crippen molar-refractivity contribution in [3.63, 3.8) is 0 Å². The second-order valence-electron chi connectivity index (χ2n) is 4.25. The molecular formula is C13H12F6N2O. The molecule has 0 spiro atoms. The summed E-state index contributed by atoms with van der Waals surface area (Å²) < 4.78 is 75.8. The van der Waals surface area contributed by atoms with Gasteiger partial charge in [0.05, 0.1) is 11.1 Å². The van der Waals surface area contributed by atoms with Gasteiger partial charge in [-0.25, -0.2) is 5.43 Å². The molecule has 0 aliphatic rings. The first-order valence-electron chi connectivity index (χ1n) is 5.99. The third-order valence-corrected chi connectivity index (χ3v) is 2.53. The van der Waals surface area contributed by atoms with Crippen molar-refractivity contribution in [2.24, 2.45) is 0 Å². The fraction of sp³-hybridized carbons (Fsp3) is 0.308.